The Kier molecular flexibility index (Phi) is 6.56. The van der Waals surface area contributed by atoms with Gasteiger partial charge in [0.05, 0.1) is 27.8 Å². The fourth-order valence-electron chi connectivity index (χ4n) is 9.03. The van der Waals surface area contributed by atoms with E-state index in [4.69, 9.17) is 15.0 Å². The lowest BCUT2D eigenvalue weighted by Crippen LogP contribution is -2.04. The van der Waals surface area contributed by atoms with Gasteiger partial charge >= 0.3 is 0 Å². The zero-order valence-corrected chi connectivity index (χ0v) is 30.1. The Morgan fingerprint density at radius 3 is 1.71 bits per heavy atom. The van der Waals surface area contributed by atoms with Crippen LogP contribution in [0.1, 0.15) is 0 Å². The van der Waals surface area contributed by atoms with Crippen LogP contribution < -0.4 is 0 Å². The molecule has 5 heteroatoms. The molecule has 0 fully saturated rings. The highest BCUT2D eigenvalue weighted by molar-refractivity contribution is 6.27. The molecule has 4 aromatic heterocycles. The summed E-state index contributed by atoms with van der Waals surface area (Å²) in [4.78, 5) is 15.3. The minimum atomic E-state index is 0.591. The van der Waals surface area contributed by atoms with E-state index in [-0.39, 0.29) is 0 Å². The normalized spacial score (nSPS) is 11.9. The van der Waals surface area contributed by atoms with E-state index in [0.29, 0.717) is 11.6 Å². The molecule has 0 amide bonds. The SMILES string of the molecule is c1ccc(-c2nc(-n3c4ccccc4c4c5ccccc5c(-c5cc6c7ccccc7n(-c7ccccc7)c6c6ccccc56)cc43)nc3ncccc23)cc1. The molecule has 0 radical (unpaired) electrons. The van der Waals surface area contributed by atoms with Crippen molar-refractivity contribution in [2.45, 2.75) is 0 Å². The summed E-state index contributed by atoms with van der Waals surface area (Å²) in [7, 11) is 0. The van der Waals surface area contributed by atoms with Crippen LogP contribution in [0.5, 0.6) is 0 Å². The predicted octanol–water partition coefficient (Wildman–Crippen LogP) is 12.9. The number of para-hydroxylation sites is 3. The maximum Gasteiger partial charge on any atom is 0.237 e. The van der Waals surface area contributed by atoms with Crippen LogP contribution in [0.25, 0.3) is 110 Å². The van der Waals surface area contributed by atoms with Crippen molar-refractivity contribution >= 4 is 76.2 Å². The van der Waals surface area contributed by atoms with Crippen LogP contribution >= 0.6 is 0 Å². The average Bonchev–Trinajstić information content (AvgIpc) is 3.79. The molecule has 0 saturated carbocycles. The van der Waals surface area contributed by atoms with Crippen LogP contribution in [0.3, 0.4) is 0 Å². The molecule has 0 aliphatic heterocycles. The van der Waals surface area contributed by atoms with Gasteiger partial charge in [0.15, 0.2) is 5.65 Å². The highest BCUT2D eigenvalue weighted by Gasteiger charge is 2.23. The molecule has 5 nitrogen and oxygen atoms in total. The Balaban J connectivity index is 1.23. The zero-order valence-electron chi connectivity index (χ0n) is 30.1. The maximum absolute atomic E-state index is 5.36. The van der Waals surface area contributed by atoms with Crippen molar-refractivity contribution in [3.05, 3.63) is 188 Å². The highest BCUT2D eigenvalue weighted by Crippen LogP contribution is 2.46. The summed E-state index contributed by atoms with van der Waals surface area (Å²) in [6.07, 6.45) is 1.81. The number of benzene rings is 8. The van der Waals surface area contributed by atoms with Gasteiger partial charge in [0.25, 0.3) is 0 Å². The van der Waals surface area contributed by atoms with Gasteiger partial charge in [-0.15, -0.1) is 0 Å². The third-order valence-corrected chi connectivity index (χ3v) is 11.4. The molecule has 12 aromatic rings. The molecule has 0 saturated heterocycles. The molecule has 4 heterocycles. The molecular weight excluding hydrogens is 683 g/mol. The van der Waals surface area contributed by atoms with Crippen molar-refractivity contribution in [2.24, 2.45) is 0 Å². The molecule has 0 atom stereocenters. The Hall–Kier alpha value is -7.63. The third kappa shape index (κ3) is 4.39. The summed E-state index contributed by atoms with van der Waals surface area (Å²) in [6.45, 7) is 0. The van der Waals surface area contributed by atoms with Gasteiger partial charge in [-0.05, 0) is 75.8 Å². The summed E-state index contributed by atoms with van der Waals surface area (Å²) < 4.78 is 4.66. The molecule has 0 aliphatic carbocycles. The van der Waals surface area contributed by atoms with E-state index < -0.39 is 0 Å². The molecule has 0 aliphatic rings. The van der Waals surface area contributed by atoms with Crippen LogP contribution in [0.4, 0.5) is 0 Å². The first-order valence-corrected chi connectivity index (χ1v) is 19.0. The number of hydrogen-bond acceptors (Lipinski definition) is 3. The van der Waals surface area contributed by atoms with Gasteiger partial charge in [-0.2, -0.15) is 4.98 Å². The van der Waals surface area contributed by atoms with Crippen molar-refractivity contribution in [1.29, 1.82) is 0 Å². The molecule has 0 unspecified atom stereocenters. The molecule has 0 bridgehead atoms. The first kappa shape index (κ1) is 30.8. The van der Waals surface area contributed by atoms with E-state index in [2.05, 4.69) is 179 Å². The molecule has 56 heavy (non-hydrogen) atoms. The van der Waals surface area contributed by atoms with Crippen molar-refractivity contribution in [3.8, 4) is 34.0 Å². The second-order valence-electron chi connectivity index (χ2n) is 14.4. The second kappa shape index (κ2) is 11.9. The number of aromatic nitrogens is 5. The van der Waals surface area contributed by atoms with Gasteiger partial charge in [-0.25, -0.2) is 9.97 Å². The van der Waals surface area contributed by atoms with Crippen molar-refractivity contribution < 1.29 is 0 Å². The van der Waals surface area contributed by atoms with Crippen molar-refractivity contribution in [3.63, 3.8) is 0 Å². The van der Waals surface area contributed by atoms with Crippen LogP contribution in [0, 0.1) is 0 Å². The van der Waals surface area contributed by atoms with E-state index in [0.717, 1.165) is 44.3 Å². The van der Waals surface area contributed by atoms with E-state index in [1.807, 2.05) is 12.1 Å². The number of rotatable bonds is 4. The summed E-state index contributed by atoms with van der Waals surface area (Å²) in [6, 6.07) is 65.0. The van der Waals surface area contributed by atoms with Gasteiger partial charge in [-0.1, -0.05) is 133 Å². The number of fused-ring (bicyclic) bond motifs is 11. The van der Waals surface area contributed by atoms with Crippen molar-refractivity contribution in [1.82, 2.24) is 24.1 Å². The van der Waals surface area contributed by atoms with Crippen LogP contribution in [-0.4, -0.2) is 24.1 Å². The van der Waals surface area contributed by atoms with E-state index in [1.165, 1.54) is 54.3 Å². The van der Waals surface area contributed by atoms with Gasteiger partial charge in [0, 0.05) is 49.8 Å². The maximum atomic E-state index is 5.36. The quantitative estimate of drug-likeness (QED) is 0.182. The first-order chi connectivity index (χ1) is 27.8. The van der Waals surface area contributed by atoms with Crippen molar-refractivity contribution in [2.75, 3.05) is 0 Å². The van der Waals surface area contributed by atoms with E-state index in [9.17, 15) is 0 Å². The Morgan fingerprint density at radius 2 is 0.946 bits per heavy atom. The minimum absolute atomic E-state index is 0.591. The fraction of sp³-hybridized carbons (Fsp3) is 0. The standard InChI is InChI=1S/C51H31N5/c1-3-16-32(17-4-1)48-40-26-15-29-52-50(40)54-51(53-48)56-45-28-14-12-25-39(45)47-37-23-9-7-20-34(37)42(31-46(47)56)41-30-43-36-22-11-13-27-44(36)55(33-18-5-2-6-19-33)49(43)38-24-10-8-21-35(38)41/h1-31H. The van der Waals surface area contributed by atoms with E-state index >= 15 is 0 Å². The van der Waals surface area contributed by atoms with Crippen LogP contribution in [0.15, 0.2) is 188 Å². The molecule has 8 aromatic carbocycles. The van der Waals surface area contributed by atoms with E-state index in [1.54, 1.807) is 6.20 Å². The summed E-state index contributed by atoms with van der Waals surface area (Å²) >= 11 is 0. The number of hydrogen-bond donors (Lipinski definition) is 0. The zero-order chi connectivity index (χ0) is 36.7. The first-order valence-electron chi connectivity index (χ1n) is 19.0. The minimum Gasteiger partial charge on any atom is -0.309 e. The number of pyridine rings is 1. The largest absolute Gasteiger partial charge is 0.309 e. The molecule has 0 spiro atoms. The lowest BCUT2D eigenvalue weighted by atomic mass is 9.90. The monoisotopic (exact) mass is 713 g/mol. The molecule has 12 rings (SSSR count). The topological polar surface area (TPSA) is 48.5 Å². The Bertz CT molecular complexity index is 3530. The third-order valence-electron chi connectivity index (χ3n) is 11.4. The van der Waals surface area contributed by atoms with Crippen LogP contribution in [-0.2, 0) is 0 Å². The molecule has 0 N–H and O–H groups in total. The Labute approximate surface area is 321 Å². The average molecular weight is 714 g/mol. The summed E-state index contributed by atoms with van der Waals surface area (Å²) in [5, 5.41) is 10.5. The summed E-state index contributed by atoms with van der Waals surface area (Å²) in [5.41, 5.74) is 10.5. The smallest absolute Gasteiger partial charge is 0.237 e. The predicted molar refractivity (Wildman–Crippen MR) is 232 cm³/mol. The fourth-order valence-corrected chi connectivity index (χ4v) is 9.03. The number of nitrogens with zero attached hydrogens (tertiary/aromatic N) is 5. The van der Waals surface area contributed by atoms with Crippen LogP contribution in [0.2, 0.25) is 0 Å². The van der Waals surface area contributed by atoms with Gasteiger partial charge in [-0.3, -0.25) is 4.57 Å². The van der Waals surface area contributed by atoms with Gasteiger partial charge in [0.2, 0.25) is 5.95 Å². The highest BCUT2D eigenvalue weighted by atomic mass is 15.2. The lowest BCUT2D eigenvalue weighted by Gasteiger charge is -2.16. The van der Waals surface area contributed by atoms with Gasteiger partial charge < -0.3 is 4.57 Å². The Morgan fingerprint density at radius 1 is 0.375 bits per heavy atom. The molecule has 260 valence electrons. The second-order valence-corrected chi connectivity index (χ2v) is 14.4. The lowest BCUT2D eigenvalue weighted by molar-refractivity contribution is 1.00. The molecular formula is C51H31N5. The summed E-state index contributed by atoms with van der Waals surface area (Å²) in [5.74, 6) is 0.591. The van der Waals surface area contributed by atoms with Gasteiger partial charge in [0.1, 0.15) is 0 Å².